The lowest BCUT2D eigenvalue weighted by molar-refractivity contribution is -0.170. The van der Waals surface area contributed by atoms with Crippen molar-refractivity contribution >= 4 is 27.7 Å². The van der Waals surface area contributed by atoms with Gasteiger partial charge in [-0.2, -0.15) is 21.6 Å². The van der Waals surface area contributed by atoms with Crippen molar-refractivity contribution in [2.24, 2.45) is 5.92 Å². The normalized spacial score (nSPS) is 24.5. The summed E-state index contributed by atoms with van der Waals surface area (Å²) >= 11 is 6.06. The summed E-state index contributed by atoms with van der Waals surface area (Å²) in [5.74, 6) is -2.75. The molecular weight excluding hydrogens is 585 g/mol. The highest BCUT2D eigenvalue weighted by Gasteiger charge is 2.60. The monoisotopic (exact) mass is 610 g/mol. The van der Waals surface area contributed by atoms with Crippen molar-refractivity contribution in [2.75, 3.05) is 0 Å². The van der Waals surface area contributed by atoms with E-state index in [1.54, 1.807) is 62.4 Å². The van der Waals surface area contributed by atoms with Crippen LogP contribution in [0.3, 0.4) is 0 Å². The second-order valence-corrected chi connectivity index (χ2v) is 12.3. The van der Waals surface area contributed by atoms with Gasteiger partial charge >= 0.3 is 21.6 Å². The second-order valence-electron chi connectivity index (χ2n) is 10.3. The highest BCUT2D eigenvalue weighted by Crippen LogP contribution is 2.49. The fraction of sp³-hybridized carbons (Fsp3) is 0.345. The van der Waals surface area contributed by atoms with Crippen molar-refractivity contribution in [3.63, 3.8) is 0 Å². The van der Waals surface area contributed by atoms with Crippen LogP contribution in [0.25, 0.3) is 11.1 Å². The zero-order valence-corrected chi connectivity index (χ0v) is 23.4. The summed E-state index contributed by atoms with van der Waals surface area (Å²) < 4.78 is 85.7. The largest absolute Gasteiger partial charge is 0.523 e. The minimum Gasteiger partial charge on any atom is -0.453 e. The molecule has 0 amide bonds. The van der Waals surface area contributed by atoms with Crippen LogP contribution in [-0.2, 0) is 28.5 Å². The lowest BCUT2D eigenvalue weighted by Crippen LogP contribution is -2.36. The quantitative estimate of drug-likeness (QED) is 0.167. The molecule has 0 aromatic heterocycles. The van der Waals surface area contributed by atoms with Crippen LogP contribution in [-0.4, -0.2) is 44.0 Å². The summed E-state index contributed by atoms with van der Waals surface area (Å²) in [5.41, 5.74) is -3.04. The zero-order valence-electron chi connectivity index (χ0n) is 21.9. The van der Waals surface area contributed by atoms with Gasteiger partial charge in [0.2, 0.25) is 0 Å². The van der Waals surface area contributed by atoms with Crippen molar-refractivity contribution in [1.82, 2.24) is 0 Å². The Morgan fingerprint density at radius 2 is 1.51 bits per heavy atom. The predicted molar refractivity (Wildman–Crippen MR) is 143 cm³/mol. The number of hydrogen-bond donors (Lipinski definition) is 0. The number of carbonyl (C=O) groups is 1. The number of carbonyl (C=O) groups excluding carboxylic acids is 1. The topological polar surface area (TPSA) is 88.1 Å². The molecule has 41 heavy (non-hydrogen) atoms. The van der Waals surface area contributed by atoms with Gasteiger partial charge in [0.25, 0.3) is 0 Å². The molecule has 5 atom stereocenters. The molecule has 1 saturated heterocycles. The van der Waals surface area contributed by atoms with Gasteiger partial charge in [0, 0.05) is 10.9 Å². The second kappa shape index (κ2) is 11.0. The molecule has 3 aromatic carbocycles. The van der Waals surface area contributed by atoms with Crippen LogP contribution in [0.1, 0.15) is 42.3 Å². The van der Waals surface area contributed by atoms with Gasteiger partial charge in [-0.25, -0.2) is 4.79 Å². The number of rotatable bonds is 7. The Kier molecular flexibility index (Phi) is 7.95. The third kappa shape index (κ3) is 6.29. The van der Waals surface area contributed by atoms with Crippen molar-refractivity contribution in [1.29, 1.82) is 0 Å². The molecular formula is C29H26ClF3O7S. The molecule has 0 bridgehead atoms. The maximum absolute atomic E-state index is 13.4. The van der Waals surface area contributed by atoms with E-state index in [0.717, 1.165) is 11.1 Å². The van der Waals surface area contributed by atoms with Crippen molar-refractivity contribution < 1.29 is 44.8 Å². The highest BCUT2D eigenvalue weighted by molar-refractivity contribution is 7.87. The van der Waals surface area contributed by atoms with Crippen molar-refractivity contribution in [3.8, 4) is 11.1 Å². The Bertz CT molecular complexity index is 1490. The summed E-state index contributed by atoms with van der Waals surface area (Å²) in [7, 11) is -5.93. The summed E-state index contributed by atoms with van der Waals surface area (Å²) in [6, 6.07) is 22.7. The van der Waals surface area contributed by atoms with Crippen LogP contribution in [0, 0.1) is 5.92 Å². The lowest BCUT2D eigenvalue weighted by Gasteiger charge is -2.29. The Labute approximate surface area is 240 Å². The molecule has 12 heteroatoms. The van der Waals surface area contributed by atoms with Gasteiger partial charge in [-0.15, -0.1) is 0 Å². The van der Waals surface area contributed by atoms with Crippen molar-refractivity contribution in [2.45, 2.75) is 56.0 Å². The standard InChI is InChI=1S/C29H26ClF3O7S/c1-28(2)38-25-22(16-23(26(25)39-28)40-41(35,36)29(31,32)33)24(19-12-14-21(30)15-13-19)37-27(34)20-10-8-18(9-11-20)17-6-4-3-5-7-17/h3-15,22-26H,16H2,1-2H3/t22-,23+,24-,25-,26+/m1/s1. The number of esters is 1. The molecule has 7 nitrogen and oxygen atoms in total. The van der Waals surface area contributed by atoms with Gasteiger partial charge in [-0.3, -0.25) is 4.18 Å². The van der Waals surface area contributed by atoms with Crippen LogP contribution < -0.4 is 0 Å². The lowest BCUT2D eigenvalue weighted by atomic mass is 9.92. The maximum Gasteiger partial charge on any atom is 0.523 e. The van der Waals surface area contributed by atoms with Gasteiger partial charge in [-0.05, 0) is 61.2 Å². The molecule has 2 fully saturated rings. The minimum absolute atomic E-state index is 0.245. The SMILES string of the molecule is CC1(C)O[C@@H]2[C@@H]([C@H](OC(=O)c3ccc(-c4ccccc4)cc3)c3ccc(Cl)cc3)C[C@H](OS(=O)(=O)C(F)(F)F)[C@@H]2O1. The number of hydrogen-bond acceptors (Lipinski definition) is 7. The van der Waals surface area contributed by atoms with E-state index in [0.29, 0.717) is 10.6 Å². The van der Waals surface area contributed by atoms with E-state index < -0.39 is 57.7 Å². The van der Waals surface area contributed by atoms with E-state index in [2.05, 4.69) is 4.18 Å². The molecule has 5 rings (SSSR count). The predicted octanol–water partition coefficient (Wildman–Crippen LogP) is 6.68. The average Bonchev–Trinajstić information content (AvgIpc) is 3.40. The van der Waals surface area contributed by atoms with Crippen molar-refractivity contribution in [3.05, 3.63) is 95.0 Å². The number of benzene rings is 3. The zero-order chi connectivity index (χ0) is 29.6. The number of fused-ring (bicyclic) bond motifs is 1. The van der Waals surface area contributed by atoms with Crippen LogP contribution >= 0.6 is 11.6 Å². The van der Waals surface area contributed by atoms with E-state index in [1.165, 1.54) is 0 Å². The summed E-state index contributed by atoms with van der Waals surface area (Å²) in [6.07, 6.45) is -4.94. The fourth-order valence-corrected chi connectivity index (χ4v) is 6.00. The van der Waals surface area contributed by atoms with Crippen LogP contribution in [0.4, 0.5) is 13.2 Å². The fourth-order valence-electron chi connectivity index (χ4n) is 5.25. The molecule has 3 aromatic rings. The molecule has 1 saturated carbocycles. The molecule has 1 heterocycles. The summed E-state index contributed by atoms with van der Waals surface area (Å²) in [4.78, 5) is 13.4. The van der Waals surface area contributed by atoms with E-state index in [9.17, 15) is 26.4 Å². The summed E-state index contributed by atoms with van der Waals surface area (Å²) in [5, 5.41) is 0.415. The number of alkyl halides is 3. The smallest absolute Gasteiger partial charge is 0.453 e. The van der Waals surface area contributed by atoms with E-state index in [-0.39, 0.29) is 12.0 Å². The van der Waals surface area contributed by atoms with Gasteiger partial charge in [-0.1, -0.05) is 66.2 Å². The van der Waals surface area contributed by atoms with E-state index in [1.807, 2.05) is 30.3 Å². The molecule has 2 aliphatic rings. The highest BCUT2D eigenvalue weighted by atomic mass is 35.5. The first-order valence-corrected chi connectivity index (χ1v) is 14.5. The maximum atomic E-state index is 13.4. The van der Waals surface area contributed by atoms with Crippen LogP contribution in [0.2, 0.25) is 5.02 Å². The molecule has 0 radical (unpaired) electrons. The number of ether oxygens (including phenoxy) is 3. The third-order valence-corrected chi connectivity index (χ3v) is 8.36. The molecule has 1 aliphatic carbocycles. The summed E-state index contributed by atoms with van der Waals surface area (Å²) in [6.45, 7) is 3.10. The van der Waals surface area contributed by atoms with Gasteiger partial charge in [0.05, 0.1) is 11.7 Å². The Balaban J connectivity index is 1.45. The Hall–Kier alpha value is -2.96. The van der Waals surface area contributed by atoms with E-state index in [4.69, 9.17) is 25.8 Å². The first-order valence-electron chi connectivity index (χ1n) is 12.7. The molecule has 218 valence electrons. The third-order valence-electron chi connectivity index (χ3n) is 7.04. The first-order chi connectivity index (χ1) is 19.2. The van der Waals surface area contributed by atoms with E-state index >= 15 is 0 Å². The average molecular weight is 611 g/mol. The van der Waals surface area contributed by atoms with Crippen LogP contribution in [0.5, 0.6) is 0 Å². The van der Waals surface area contributed by atoms with Gasteiger partial charge < -0.3 is 14.2 Å². The van der Waals surface area contributed by atoms with Gasteiger partial charge in [0.1, 0.15) is 18.3 Å². The molecule has 0 N–H and O–H groups in total. The first kappa shape index (κ1) is 29.5. The molecule has 0 unspecified atom stereocenters. The Morgan fingerprint density at radius 3 is 2.12 bits per heavy atom. The Morgan fingerprint density at radius 1 is 0.927 bits per heavy atom. The van der Waals surface area contributed by atoms with Gasteiger partial charge in [0.15, 0.2) is 5.79 Å². The molecule has 1 aliphatic heterocycles. The van der Waals surface area contributed by atoms with Crippen LogP contribution in [0.15, 0.2) is 78.9 Å². The number of halogens is 4. The molecule has 0 spiro atoms. The minimum atomic E-state index is -5.93.